The third-order valence-corrected chi connectivity index (χ3v) is 16.6. The first-order chi connectivity index (χ1) is 46.1. The fourth-order valence-corrected chi connectivity index (χ4v) is 11.0. The average molecular weight is 1380 g/mol. The Hall–Kier alpha value is -5.33. The summed E-state index contributed by atoms with van der Waals surface area (Å²) >= 11 is 0. The predicted octanol–water partition coefficient (Wildman–Crippen LogP) is -5.85. The van der Waals surface area contributed by atoms with Crippen LogP contribution in [0.5, 0.6) is 0 Å². The van der Waals surface area contributed by atoms with Gasteiger partial charge in [-0.25, -0.2) is 14.6 Å². The van der Waals surface area contributed by atoms with E-state index in [9.17, 15) is 94.2 Å². The lowest BCUT2D eigenvalue weighted by Crippen LogP contribution is -2.61. The fourth-order valence-electron chi connectivity index (χ4n) is 11.0. The van der Waals surface area contributed by atoms with E-state index < -0.39 is 217 Å². The van der Waals surface area contributed by atoms with Crippen molar-refractivity contribution in [2.45, 2.75) is 246 Å². The number of carbonyl (C=O) groups is 9. The fraction of sp³-hybridized carbons (Fsp3) is 0.850. The van der Waals surface area contributed by atoms with Gasteiger partial charge in [-0.3, -0.25) is 43.3 Å². The first-order valence-electron chi connectivity index (χ1n) is 33.3. The van der Waals surface area contributed by atoms with Gasteiger partial charge in [0.15, 0.2) is 25.0 Å². The topological polar surface area (TPSA) is 518 Å². The molecule has 4 bridgehead atoms. The number of nitrogens with zero attached hydrogens (tertiary/aromatic N) is 2. The summed E-state index contributed by atoms with van der Waals surface area (Å²) in [7, 11) is 0. The van der Waals surface area contributed by atoms with Crippen molar-refractivity contribution in [3.63, 3.8) is 0 Å². The van der Waals surface area contributed by atoms with E-state index in [4.69, 9.17) is 43.0 Å². The molecule has 5 aliphatic rings. The molecule has 0 spiro atoms. The highest BCUT2D eigenvalue weighted by Gasteiger charge is 2.49. The van der Waals surface area contributed by atoms with Crippen molar-refractivity contribution in [3.05, 3.63) is 0 Å². The number of hydroxylamine groups is 2. The number of unbranched alkanes of at least 4 members (excludes halogenated alkanes) is 13. The molecule has 0 aromatic heterocycles. The Morgan fingerprint density at radius 3 is 1.77 bits per heavy atom. The molecule has 5 fully saturated rings. The summed E-state index contributed by atoms with van der Waals surface area (Å²) in [5, 5.41) is 120. The van der Waals surface area contributed by atoms with Crippen molar-refractivity contribution < 1.29 is 137 Å². The van der Waals surface area contributed by atoms with E-state index in [2.05, 4.69) is 38.8 Å². The molecule has 5 heterocycles. The smallest absolute Gasteiger partial charge is 0.357 e. The number of imide groups is 1. The quantitative estimate of drug-likeness (QED) is 0.0165. The van der Waals surface area contributed by atoms with Crippen molar-refractivity contribution in [2.75, 3.05) is 78.9 Å². The zero-order valence-electron chi connectivity index (χ0n) is 54.4. The minimum absolute atomic E-state index is 0.0174. The second-order valence-electron chi connectivity index (χ2n) is 24.2. The molecule has 0 aromatic carbocycles. The van der Waals surface area contributed by atoms with Crippen LogP contribution in [0.25, 0.3) is 0 Å². The van der Waals surface area contributed by atoms with Crippen LogP contribution in [-0.2, 0) is 86.2 Å². The van der Waals surface area contributed by atoms with Gasteiger partial charge < -0.3 is 116 Å². The van der Waals surface area contributed by atoms with E-state index in [1.807, 2.05) is 0 Å². The van der Waals surface area contributed by atoms with Crippen LogP contribution in [0.4, 0.5) is 0 Å². The van der Waals surface area contributed by atoms with E-state index in [1.165, 1.54) is 44.9 Å². The van der Waals surface area contributed by atoms with Crippen LogP contribution in [0, 0.1) is 0 Å². The van der Waals surface area contributed by atoms with Gasteiger partial charge in [-0.2, -0.15) is 0 Å². The first-order valence-corrected chi connectivity index (χ1v) is 33.3. The van der Waals surface area contributed by atoms with Gasteiger partial charge >= 0.3 is 5.97 Å². The maximum Gasteiger partial charge on any atom is 0.357 e. The predicted molar refractivity (Wildman–Crippen MR) is 325 cm³/mol. The molecule has 0 saturated carbocycles. The number of amides is 8. The maximum absolute atomic E-state index is 13.9. The van der Waals surface area contributed by atoms with Crippen LogP contribution < -0.4 is 31.9 Å². The van der Waals surface area contributed by atoms with E-state index in [-0.39, 0.29) is 71.2 Å². The van der Waals surface area contributed by atoms with Gasteiger partial charge in [-0.15, -0.1) is 5.06 Å². The van der Waals surface area contributed by atoms with Crippen molar-refractivity contribution in [1.29, 1.82) is 0 Å². The molecule has 5 rings (SSSR count). The van der Waals surface area contributed by atoms with Gasteiger partial charge in [0.1, 0.15) is 79.8 Å². The summed E-state index contributed by atoms with van der Waals surface area (Å²) in [6.45, 7) is -4.18. The van der Waals surface area contributed by atoms with Gasteiger partial charge in [-0.1, -0.05) is 84.0 Å². The number of nitrogens with one attached hydrogen (secondary N) is 6. The highest BCUT2D eigenvalue weighted by molar-refractivity contribution is 6.02. The van der Waals surface area contributed by atoms with Crippen LogP contribution in [-0.4, -0.2) is 297 Å². The van der Waals surface area contributed by atoms with E-state index >= 15 is 0 Å². The summed E-state index contributed by atoms with van der Waals surface area (Å²) in [4.78, 5) is 136. The SMILES string of the molecule is CCCCCCCCCCCCCCCC(=O)N[C@H](CNC(=O)CCCCC(=O)NC1CC(=O)NCCO[C@H]2O[C@H](COO[C@@H]3[C@H](O)[C@@H](OCCNC(=O)CN1CC(=O)NCCO[C@H]1O[C@H](CO)[C@@H](O)[C@@H](O)[C@@H]1O)O[C@H](CO)[C@H]3O)[C@@H](O)[C@H](O)[C@@H]2O)C(=O)ON1C(=O)CCC1=O. The number of carbonyl (C=O) groups excluding carboxylic acids is 9. The summed E-state index contributed by atoms with van der Waals surface area (Å²) in [5.41, 5.74) is 0. The Morgan fingerprint density at radius 1 is 0.594 bits per heavy atom. The van der Waals surface area contributed by atoms with Gasteiger partial charge in [0.25, 0.3) is 11.8 Å². The Balaban J connectivity index is 1.23. The van der Waals surface area contributed by atoms with E-state index in [1.54, 1.807) is 0 Å². The molecule has 5 aliphatic heterocycles. The molecule has 16 N–H and O–H groups in total. The number of aliphatic hydroxyl groups excluding tert-OH is 10. The van der Waals surface area contributed by atoms with E-state index in [0.717, 1.165) is 37.0 Å². The zero-order valence-corrected chi connectivity index (χ0v) is 54.4. The number of hydrogen-bond donors (Lipinski definition) is 16. The van der Waals surface area contributed by atoms with Crippen molar-refractivity contribution >= 4 is 53.2 Å². The summed E-state index contributed by atoms with van der Waals surface area (Å²) in [5.74, 6) is -7.03. The molecule has 0 aliphatic carbocycles. The number of hydrogen-bond acceptors (Lipinski definition) is 29. The van der Waals surface area contributed by atoms with Crippen LogP contribution in [0.15, 0.2) is 0 Å². The lowest BCUT2D eigenvalue weighted by molar-refractivity contribution is -0.410. The molecular formula is C60H102N8O28. The minimum atomic E-state index is -1.88. The molecular weight excluding hydrogens is 1280 g/mol. The molecule has 550 valence electrons. The highest BCUT2D eigenvalue weighted by Crippen LogP contribution is 2.28. The molecule has 96 heavy (non-hydrogen) atoms. The zero-order chi connectivity index (χ0) is 70.1. The first kappa shape index (κ1) is 81.3. The average Bonchev–Trinajstić information content (AvgIpc) is 0.939. The minimum Gasteiger partial charge on any atom is -0.394 e. The highest BCUT2D eigenvalue weighted by atomic mass is 17.2. The third kappa shape index (κ3) is 27.4. The Morgan fingerprint density at radius 2 is 1.15 bits per heavy atom. The molecule has 17 atom stereocenters. The largest absolute Gasteiger partial charge is 0.394 e. The number of rotatable bonds is 33. The number of fused-ring (bicyclic) bond motifs is 4. The van der Waals surface area contributed by atoms with Gasteiger partial charge in [0, 0.05) is 58.3 Å². The summed E-state index contributed by atoms with van der Waals surface area (Å²) < 4.78 is 33.2. The van der Waals surface area contributed by atoms with E-state index in [0.29, 0.717) is 11.5 Å². The van der Waals surface area contributed by atoms with Crippen molar-refractivity contribution in [1.82, 2.24) is 41.9 Å². The van der Waals surface area contributed by atoms with Crippen LogP contribution in [0.3, 0.4) is 0 Å². The van der Waals surface area contributed by atoms with Gasteiger partial charge in [0.2, 0.25) is 35.4 Å². The molecule has 0 aromatic rings. The standard InChI is InChI=1S/C60H102N8O28/c1-2-3-4-5-6-7-8-9-10-11-12-13-14-18-41(72)65-35(57(87)95-68-46(77)20-21-47(68)78)29-64-40(71)17-15-16-19-42(73)66-39-28-43(74)61-22-25-89-59-54(85)52(83)49(80)38(94-59)34-91-96-56-50(81)37(33-70)93-60(55(56)86)90-27-24-63-45(76)31-67(39)30-44(75)62-23-26-88-58-53(84)51(82)48(79)36(32-69)92-58/h35-39,48-56,58-60,69-70,79-86H,2-34H2,1H3,(H,61,74)(H,62,75)(H,63,76)(H,64,71)(H,65,72)(H,66,73)/t35-,36-,37-,38-,39?,48-,49-,50-,51-,52+,53+,54+,55+,56+,58+,59+,60+/m1/s1. The van der Waals surface area contributed by atoms with Gasteiger partial charge in [-0.05, 0) is 19.3 Å². The van der Waals surface area contributed by atoms with Crippen LogP contribution in [0.1, 0.15) is 142 Å². The Labute approximate surface area is 555 Å². The molecule has 1 unspecified atom stereocenters. The molecule has 36 heteroatoms. The number of ether oxygens (including phenoxy) is 6. The summed E-state index contributed by atoms with van der Waals surface area (Å²) in [6, 6.07) is -1.50. The third-order valence-electron chi connectivity index (χ3n) is 16.6. The molecule has 36 nitrogen and oxygen atoms in total. The second-order valence-corrected chi connectivity index (χ2v) is 24.2. The van der Waals surface area contributed by atoms with Gasteiger partial charge in [0.05, 0.1) is 58.7 Å². The lowest BCUT2D eigenvalue weighted by Gasteiger charge is -2.42. The molecule has 5 saturated heterocycles. The normalized spacial score (nSPS) is 30.3. The van der Waals surface area contributed by atoms with Crippen LogP contribution >= 0.6 is 0 Å². The lowest BCUT2D eigenvalue weighted by atomic mass is 9.99. The summed E-state index contributed by atoms with van der Waals surface area (Å²) in [6.07, 6.45) is -13.7. The Bertz CT molecular complexity index is 2390. The maximum atomic E-state index is 13.9. The van der Waals surface area contributed by atoms with Crippen LogP contribution in [0.2, 0.25) is 0 Å². The van der Waals surface area contributed by atoms with Crippen molar-refractivity contribution in [2.24, 2.45) is 0 Å². The molecule has 8 amide bonds. The monoisotopic (exact) mass is 1380 g/mol. The molecule has 0 radical (unpaired) electrons. The van der Waals surface area contributed by atoms with Crippen molar-refractivity contribution in [3.8, 4) is 0 Å². The second kappa shape index (κ2) is 43.9. The Kier molecular flexibility index (Phi) is 37.2. The number of aliphatic hydroxyl groups is 10.